The third-order valence-corrected chi connectivity index (χ3v) is 6.99. The van der Waals surface area contributed by atoms with E-state index in [4.69, 9.17) is 9.15 Å². The summed E-state index contributed by atoms with van der Waals surface area (Å²) in [5.74, 6) is 1.43. The maximum Gasteiger partial charge on any atom is 0.255 e. The van der Waals surface area contributed by atoms with Gasteiger partial charge in [0.2, 0.25) is 0 Å². The molecule has 0 spiro atoms. The van der Waals surface area contributed by atoms with Crippen LogP contribution < -0.4 is 10.1 Å². The quantitative estimate of drug-likeness (QED) is 0.390. The first-order chi connectivity index (χ1) is 17.9. The Balaban J connectivity index is 1.30. The van der Waals surface area contributed by atoms with Gasteiger partial charge in [0.15, 0.2) is 5.75 Å². The molecule has 37 heavy (non-hydrogen) atoms. The molecule has 10 heteroatoms. The van der Waals surface area contributed by atoms with Crippen molar-refractivity contribution < 1.29 is 18.7 Å². The van der Waals surface area contributed by atoms with Crippen molar-refractivity contribution in [1.29, 1.82) is 0 Å². The van der Waals surface area contributed by atoms with E-state index in [2.05, 4.69) is 15.5 Å². The van der Waals surface area contributed by atoms with E-state index in [9.17, 15) is 9.59 Å². The Bertz CT molecular complexity index is 1650. The van der Waals surface area contributed by atoms with E-state index < -0.39 is 0 Å². The van der Waals surface area contributed by atoms with Crippen LogP contribution in [0.15, 0.2) is 59.5 Å². The van der Waals surface area contributed by atoms with E-state index in [1.54, 1.807) is 55.3 Å². The number of hydrogen-bond acceptors (Lipinski definition) is 6. The lowest BCUT2D eigenvalue weighted by molar-refractivity contribution is 0.0786. The SMILES string of the molecule is CNC(=O)c1c(C)oc2cc(Oc3ccnn4cc(C(=O)N5CCC(n6cccn6)C5)c(C)c34)ccc12. The van der Waals surface area contributed by atoms with Crippen molar-refractivity contribution in [2.24, 2.45) is 0 Å². The minimum Gasteiger partial charge on any atom is -0.460 e. The molecule has 2 amide bonds. The molecular formula is C27H26N6O4. The highest BCUT2D eigenvalue weighted by molar-refractivity contribution is 6.07. The van der Waals surface area contributed by atoms with E-state index in [0.717, 1.165) is 22.9 Å². The van der Waals surface area contributed by atoms with Crippen molar-refractivity contribution in [1.82, 2.24) is 29.6 Å². The van der Waals surface area contributed by atoms with Gasteiger partial charge >= 0.3 is 0 Å². The van der Waals surface area contributed by atoms with E-state index in [0.29, 0.717) is 47.1 Å². The van der Waals surface area contributed by atoms with Crippen LogP contribution in [0.3, 0.4) is 0 Å². The Morgan fingerprint density at radius 3 is 2.81 bits per heavy atom. The molecule has 0 bridgehead atoms. The zero-order valence-corrected chi connectivity index (χ0v) is 20.8. The first-order valence-corrected chi connectivity index (χ1v) is 12.1. The zero-order valence-electron chi connectivity index (χ0n) is 20.8. The summed E-state index contributed by atoms with van der Waals surface area (Å²) >= 11 is 0. The minimum absolute atomic E-state index is 0.0298. The van der Waals surface area contributed by atoms with Crippen LogP contribution in [0.1, 0.15) is 44.5 Å². The number of likely N-dealkylation sites (tertiary alicyclic amines) is 1. The number of nitrogens with one attached hydrogen (secondary N) is 1. The summed E-state index contributed by atoms with van der Waals surface area (Å²) in [5.41, 5.74) is 3.18. The maximum atomic E-state index is 13.5. The fourth-order valence-corrected chi connectivity index (χ4v) is 5.13. The molecule has 1 fully saturated rings. The molecule has 0 saturated carbocycles. The molecule has 1 unspecified atom stereocenters. The topological polar surface area (TPSA) is 107 Å². The average molecular weight is 499 g/mol. The van der Waals surface area contributed by atoms with Crippen LogP contribution in [0.2, 0.25) is 0 Å². The Morgan fingerprint density at radius 2 is 2.03 bits per heavy atom. The zero-order chi connectivity index (χ0) is 25.7. The van der Waals surface area contributed by atoms with Crippen molar-refractivity contribution in [3.05, 3.63) is 77.6 Å². The lowest BCUT2D eigenvalue weighted by atomic mass is 10.1. The molecule has 188 valence electrons. The van der Waals surface area contributed by atoms with Gasteiger partial charge in [-0.25, -0.2) is 4.52 Å². The Kier molecular flexibility index (Phi) is 5.44. The molecule has 1 aromatic carbocycles. The lowest BCUT2D eigenvalue weighted by Gasteiger charge is -2.16. The molecular weight excluding hydrogens is 472 g/mol. The molecule has 5 aromatic rings. The molecule has 6 rings (SSSR count). The summed E-state index contributed by atoms with van der Waals surface area (Å²) < 4.78 is 15.7. The summed E-state index contributed by atoms with van der Waals surface area (Å²) in [6.07, 6.45) is 7.95. The van der Waals surface area contributed by atoms with E-state index in [-0.39, 0.29) is 17.9 Å². The van der Waals surface area contributed by atoms with Crippen molar-refractivity contribution in [2.45, 2.75) is 26.3 Å². The largest absolute Gasteiger partial charge is 0.460 e. The first kappa shape index (κ1) is 22.8. The number of amides is 2. The van der Waals surface area contributed by atoms with Gasteiger partial charge in [0, 0.05) is 56.2 Å². The van der Waals surface area contributed by atoms with E-state index >= 15 is 0 Å². The number of nitrogens with zero attached hydrogens (tertiary/aromatic N) is 5. The van der Waals surface area contributed by atoms with Crippen LogP contribution in [0.5, 0.6) is 11.5 Å². The number of hydrogen-bond donors (Lipinski definition) is 1. The normalized spacial score (nSPS) is 15.5. The second kappa shape index (κ2) is 8.81. The minimum atomic E-state index is -0.198. The number of rotatable bonds is 5. The molecule has 1 saturated heterocycles. The summed E-state index contributed by atoms with van der Waals surface area (Å²) in [6.45, 7) is 4.96. The summed E-state index contributed by atoms with van der Waals surface area (Å²) in [6, 6.07) is 9.22. The predicted octanol–water partition coefficient (Wildman–Crippen LogP) is 4.13. The summed E-state index contributed by atoms with van der Waals surface area (Å²) in [7, 11) is 1.59. The Morgan fingerprint density at radius 1 is 1.16 bits per heavy atom. The van der Waals surface area contributed by atoms with Gasteiger partial charge in [-0.1, -0.05) is 0 Å². The lowest BCUT2D eigenvalue weighted by Crippen LogP contribution is -2.29. The average Bonchev–Trinajstić information content (AvgIpc) is 3.69. The van der Waals surface area contributed by atoms with Crippen LogP contribution in [0.4, 0.5) is 0 Å². The van der Waals surface area contributed by atoms with E-state index in [1.807, 2.05) is 34.8 Å². The number of ether oxygens (including phenoxy) is 1. The highest BCUT2D eigenvalue weighted by atomic mass is 16.5. The Labute approximate surface area is 212 Å². The number of carbonyl (C=O) groups is 2. The number of fused-ring (bicyclic) bond motifs is 2. The van der Waals surface area contributed by atoms with Gasteiger partial charge < -0.3 is 19.4 Å². The van der Waals surface area contributed by atoms with Gasteiger partial charge in [0.1, 0.15) is 22.6 Å². The molecule has 1 aliphatic heterocycles. The smallest absolute Gasteiger partial charge is 0.255 e. The predicted molar refractivity (Wildman–Crippen MR) is 136 cm³/mol. The van der Waals surface area contributed by atoms with Crippen molar-refractivity contribution in [2.75, 3.05) is 20.1 Å². The van der Waals surface area contributed by atoms with Crippen LogP contribution >= 0.6 is 0 Å². The van der Waals surface area contributed by atoms with Crippen molar-refractivity contribution >= 4 is 28.3 Å². The van der Waals surface area contributed by atoms with Crippen LogP contribution in [0.25, 0.3) is 16.5 Å². The third-order valence-electron chi connectivity index (χ3n) is 6.99. The Hall–Kier alpha value is -4.60. The number of aryl methyl sites for hydroxylation is 2. The van der Waals surface area contributed by atoms with Gasteiger partial charge in [-0.2, -0.15) is 10.2 Å². The molecule has 1 N–H and O–H groups in total. The van der Waals surface area contributed by atoms with Gasteiger partial charge in [0.25, 0.3) is 11.8 Å². The number of furan rings is 1. The molecule has 4 aromatic heterocycles. The standard InChI is InChI=1S/C27H26N6O4/c1-16-21(27(35)31-12-8-18(14-31)32-11-4-9-29-32)15-33-25(16)22(7-10-30-33)37-19-5-6-20-23(13-19)36-17(2)24(20)26(34)28-3/h4-7,9-11,13,15,18H,8,12,14H2,1-3H3,(H,28,34). The highest BCUT2D eigenvalue weighted by Crippen LogP contribution is 2.34. The highest BCUT2D eigenvalue weighted by Gasteiger charge is 2.30. The third kappa shape index (κ3) is 3.81. The van der Waals surface area contributed by atoms with Crippen LogP contribution in [-0.2, 0) is 0 Å². The molecule has 1 aliphatic rings. The van der Waals surface area contributed by atoms with Crippen LogP contribution in [0, 0.1) is 13.8 Å². The number of carbonyl (C=O) groups excluding carboxylic acids is 2. The van der Waals surface area contributed by atoms with Gasteiger partial charge in [-0.3, -0.25) is 14.3 Å². The second-order valence-corrected chi connectivity index (χ2v) is 9.21. The van der Waals surface area contributed by atoms with Gasteiger partial charge in [-0.15, -0.1) is 0 Å². The van der Waals surface area contributed by atoms with Crippen molar-refractivity contribution in [3.8, 4) is 11.5 Å². The molecule has 1 atom stereocenters. The first-order valence-electron chi connectivity index (χ1n) is 12.1. The molecule has 5 heterocycles. The fourth-order valence-electron chi connectivity index (χ4n) is 5.13. The molecule has 0 aliphatic carbocycles. The fraction of sp³-hybridized carbons (Fsp3) is 0.259. The summed E-state index contributed by atoms with van der Waals surface area (Å²) in [4.78, 5) is 27.6. The maximum absolute atomic E-state index is 13.5. The van der Waals surface area contributed by atoms with Gasteiger partial charge in [0.05, 0.1) is 23.4 Å². The number of benzene rings is 1. The van der Waals surface area contributed by atoms with E-state index in [1.165, 1.54) is 0 Å². The van der Waals surface area contributed by atoms with Crippen LogP contribution in [-0.4, -0.2) is 56.2 Å². The second-order valence-electron chi connectivity index (χ2n) is 9.21. The molecule has 0 radical (unpaired) electrons. The van der Waals surface area contributed by atoms with Crippen molar-refractivity contribution in [3.63, 3.8) is 0 Å². The van der Waals surface area contributed by atoms with Gasteiger partial charge in [-0.05, 0) is 44.0 Å². The molecule has 10 nitrogen and oxygen atoms in total. The summed E-state index contributed by atoms with van der Waals surface area (Å²) in [5, 5.41) is 12.1. The monoisotopic (exact) mass is 498 g/mol. The number of aromatic nitrogens is 4.